The number of aromatic nitrogens is 2. The number of methoxy groups -OCH3 is 1. The topological polar surface area (TPSA) is 47.0 Å². The summed E-state index contributed by atoms with van der Waals surface area (Å²) >= 11 is 1.66. The summed E-state index contributed by atoms with van der Waals surface area (Å²) in [5.41, 5.74) is 0.897. The van der Waals surface area contributed by atoms with Gasteiger partial charge in [-0.2, -0.15) is 0 Å². The highest BCUT2D eigenvalue weighted by molar-refractivity contribution is 7.13. The minimum atomic E-state index is 0.653. The van der Waals surface area contributed by atoms with Crippen LogP contribution in [-0.4, -0.2) is 30.2 Å². The second-order valence-corrected chi connectivity index (χ2v) is 4.10. The maximum Gasteiger partial charge on any atom is 0.153 e. The molecule has 2 aromatic heterocycles. The van der Waals surface area contributed by atoms with Gasteiger partial charge in [-0.15, -0.1) is 11.3 Å². The Bertz CT molecular complexity index is 431. The molecule has 0 aliphatic carbocycles. The minimum absolute atomic E-state index is 0.653. The molecule has 0 fully saturated rings. The summed E-state index contributed by atoms with van der Waals surface area (Å²) in [6, 6.07) is 4.05. The average molecular weight is 235 g/mol. The predicted octanol–water partition coefficient (Wildman–Crippen LogP) is 2.26. The first-order valence-corrected chi connectivity index (χ1v) is 5.87. The Morgan fingerprint density at radius 3 is 3.00 bits per heavy atom. The summed E-state index contributed by atoms with van der Waals surface area (Å²) in [5, 5.41) is 5.24. The van der Waals surface area contributed by atoms with E-state index in [1.807, 2.05) is 17.5 Å². The number of nitrogens with one attached hydrogen (secondary N) is 1. The van der Waals surface area contributed by atoms with Gasteiger partial charge >= 0.3 is 0 Å². The molecule has 16 heavy (non-hydrogen) atoms. The molecule has 2 heterocycles. The van der Waals surface area contributed by atoms with E-state index in [0.29, 0.717) is 6.61 Å². The smallest absolute Gasteiger partial charge is 0.153 e. The van der Waals surface area contributed by atoms with Crippen LogP contribution in [0, 0.1) is 0 Å². The van der Waals surface area contributed by atoms with Crippen molar-refractivity contribution in [1.29, 1.82) is 0 Å². The van der Waals surface area contributed by atoms with E-state index in [2.05, 4.69) is 15.3 Å². The molecule has 2 rings (SSSR count). The summed E-state index contributed by atoms with van der Waals surface area (Å²) in [4.78, 5) is 9.75. The lowest BCUT2D eigenvalue weighted by Crippen LogP contribution is -2.10. The van der Waals surface area contributed by atoms with Crippen LogP contribution in [0.4, 0.5) is 5.82 Å². The summed E-state index contributed by atoms with van der Waals surface area (Å²) in [6.45, 7) is 1.38. The van der Waals surface area contributed by atoms with Gasteiger partial charge in [-0.3, -0.25) is 0 Å². The highest BCUT2D eigenvalue weighted by atomic mass is 32.1. The molecule has 2 aromatic rings. The van der Waals surface area contributed by atoms with Crippen LogP contribution >= 0.6 is 11.3 Å². The van der Waals surface area contributed by atoms with E-state index in [-0.39, 0.29) is 0 Å². The zero-order valence-electron chi connectivity index (χ0n) is 9.01. The molecule has 0 spiro atoms. The van der Waals surface area contributed by atoms with Crippen LogP contribution in [0.5, 0.6) is 0 Å². The lowest BCUT2D eigenvalue weighted by Gasteiger charge is -2.07. The molecule has 0 saturated heterocycles. The van der Waals surface area contributed by atoms with Crippen molar-refractivity contribution in [1.82, 2.24) is 9.97 Å². The molecule has 84 valence electrons. The molecule has 4 nitrogen and oxygen atoms in total. The molecule has 0 bridgehead atoms. The highest BCUT2D eigenvalue weighted by Crippen LogP contribution is 2.27. The molecule has 0 amide bonds. The van der Waals surface area contributed by atoms with Gasteiger partial charge in [0, 0.05) is 26.0 Å². The lowest BCUT2D eigenvalue weighted by molar-refractivity contribution is 0.210. The van der Waals surface area contributed by atoms with Crippen molar-refractivity contribution in [2.45, 2.75) is 0 Å². The van der Waals surface area contributed by atoms with E-state index in [1.54, 1.807) is 30.8 Å². The third-order valence-corrected chi connectivity index (χ3v) is 2.93. The number of thiophene rings is 1. The molecule has 0 aliphatic rings. The van der Waals surface area contributed by atoms with Crippen molar-refractivity contribution < 1.29 is 4.74 Å². The summed E-state index contributed by atoms with van der Waals surface area (Å²) in [6.07, 6.45) is 3.39. The first kappa shape index (κ1) is 11.0. The fraction of sp³-hybridized carbons (Fsp3) is 0.273. The quantitative estimate of drug-likeness (QED) is 0.807. The highest BCUT2D eigenvalue weighted by Gasteiger charge is 2.07. The molecule has 0 atom stereocenters. The molecule has 0 radical (unpaired) electrons. The summed E-state index contributed by atoms with van der Waals surface area (Å²) in [5.74, 6) is 0.807. The van der Waals surface area contributed by atoms with Crippen molar-refractivity contribution in [2.75, 3.05) is 25.6 Å². The number of ether oxygens (including phenoxy) is 1. The van der Waals surface area contributed by atoms with E-state index < -0.39 is 0 Å². The van der Waals surface area contributed by atoms with Crippen molar-refractivity contribution >= 4 is 17.2 Å². The Kier molecular flexibility index (Phi) is 3.85. The number of rotatable bonds is 5. The number of anilines is 1. The molecule has 0 saturated carbocycles. The first-order valence-electron chi connectivity index (χ1n) is 4.99. The number of nitrogens with zero attached hydrogens (tertiary/aromatic N) is 2. The van der Waals surface area contributed by atoms with Gasteiger partial charge in [-0.25, -0.2) is 9.97 Å². The molecular weight excluding hydrogens is 222 g/mol. The average Bonchev–Trinajstić information content (AvgIpc) is 2.83. The zero-order valence-corrected chi connectivity index (χ0v) is 9.83. The van der Waals surface area contributed by atoms with Crippen LogP contribution in [0.25, 0.3) is 10.6 Å². The van der Waals surface area contributed by atoms with Crippen LogP contribution in [0.3, 0.4) is 0 Å². The number of hydrogen-bond acceptors (Lipinski definition) is 5. The summed E-state index contributed by atoms with van der Waals surface area (Å²) in [7, 11) is 1.68. The van der Waals surface area contributed by atoms with Gasteiger partial charge in [-0.1, -0.05) is 6.07 Å². The standard InChI is InChI=1S/C11H13N3OS/c1-15-7-6-14-11-10(12-4-5-13-11)9-3-2-8-16-9/h2-5,8H,6-7H2,1H3,(H,13,14). The van der Waals surface area contributed by atoms with Gasteiger partial charge in [-0.05, 0) is 11.4 Å². The molecule has 1 N–H and O–H groups in total. The SMILES string of the molecule is COCCNc1nccnc1-c1cccs1. The maximum absolute atomic E-state index is 4.99. The Morgan fingerprint density at radius 1 is 1.38 bits per heavy atom. The normalized spacial score (nSPS) is 10.3. The van der Waals surface area contributed by atoms with E-state index in [0.717, 1.165) is 22.9 Å². The third kappa shape index (κ3) is 2.56. The maximum atomic E-state index is 4.99. The Labute approximate surface area is 98.3 Å². The fourth-order valence-corrected chi connectivity index (χ4v) is 2.05. The molecule has 0 aliphatic heterocycles. The van der Waals surface area contributed by atoms with E-state index in [1.165, 1.54) is 0 Å². The van der Waals surface area contributed by atoms with Gasteiger partial charge in [0.2, 0.25) is 0 Å². The van der Waals surface area contributed by atoms with Crippen LogP contribution in [-0.2, 0) is 4.74 Å². The van der Waals surface area contributed by atoms with Crippen LogP contribution in [0.1, 0.15) is 0 Å². The van der Waals surface area contributed by atoms with Crippen molar-refractivity contribution in [2.24, 2.45) is 0 Å². The van der Waals surface area contributed by atoms with Gasteiger partial charge in [0.25, 0.3) is 0 Å². The van der Waals surface area contributed by atoms with Gasteiger partial charge in [0.15, 0.2) is 5.82 Å². The van der Waals surface area contributed by atoms with Crippen molar-refractivity contribution in [3.63, 3.8) is 0 Å². The van der Waals surface area contributed by atoms with Crippen LogP contribution < -0.4 is 5.32 Å². The molecule has 0 unspecified atom stereocenters. The third-order valence-electron chi connectivity index (χ3n) is 2.05. The van der Waals surface area contributed by atoms with E-state index in [9.17, 15) is 0 Å². The molecule has 5 heteroatoms. The molecular formula is C11H13N3OS. The van der Waals surface area contributed by atoms with Crippen LogP contribution in [0.15, 0.2) is 29.9 Å². The lowest BCUT2D eigenvalue weighted by atomic mass is 10.3. The number of hydrogen-bond donors (Lipinski definition) is 1. The first-order chi connectivity index (χ1) is 7.92. The van der Waals surface area contributed by atoms with Crippen molar-refractivity contribution in [3.05, 3.63) is 29.9 Å². The van der Waals surface area contributed by atoms with Crippen LogP contribution in [0.2, 0.25) is 0 Å². The van der Waals surface area contributed by atoms with Gasteiger partial charge in [0.05, 0.1) is 11.5 Å². The Balaban J connectivity index is 2.18. The summed E-state index contributed by atoms with van der Waals surface area (Å²) < 4.78 is 4.99. The van der Waals surface area contributed by atoms with Gasteiger partial charge in [0.1, 0.15) is 5.69 Å². The fourth-order valence-electron chi connectivity index (χ4n) is 1.33. The largest absolute Gasteiger partial charge is 0.383 e. The van der Waals surface area contributed by atoms with Crippen molar-refractivity contribution in [3.8, 4) is 10.6 Å². The zero-order chi connectivity index (χ0) is 11.2. The van der Waals surface area contributed by atoms with E-state index >= 15 is 0 Å². The molecule has 0 aromatic carbocycles. The Morgan fingerprint density at radius 2 is 2.25 bits per heavy atom. The monoisotopic (exact) mass is 235 g/mol. The van der Waals surface area contributed by atoms with E-state index in [4.69, 9.17) is 4.74 Å². The minimum Gasteiger partial charge on any atom is -0.383 e. The van der Waals surface area contributed by atoms with Gasteiger partial charge < -0.3 is 10.1 Å². The second-order valence-electron chi connectivity index (χ2n) is 3.15. The predicted molar refractivity (Wildman–Crippen MR) is 65.7 cm³/mol. The second kappa shape index (κ2) is 5.58. The Hall–Kier alpha value is -1.46.